The van der Waals surface area contributed by atoms with Gasteiger partial charge in [-0.2, -0.15) is 0 Å². The van der Waals surface area contributed by atoms with E-state index in [-0.39, 0.29) is 25.7 Å². The van der Waals surface area contributed by atoms with Crippen LogP contribution >= 0.6 is 15.6 Å². The van der Waals surface area contributed by atoms with E-state index in [1.54, 1.807) is 0 Å². The van der Waals surface area contributed by atoms with E-state index in [0.29, 0.717) is 25.7 Å². The zero-order chi connectivity index (χ0) is 77.4. The second-order valence-corrected chi connectivity index (χ2v) is 34.2. The van der Waals surface area contributed by atoms with E-state index in [1.807, 2.05) is 0 Å². The number of esters is 4. The van der Waals surface area contributed by atoms with Gasteiger partial charge in [0.2, 0.25) is 0 Å². The molecule has 0 fully saturated rings. The SMILES string of the molecule is CCCCCCCCCCCCCCCCCCCCCCCCC(=O)O[C@H](COC(=O)CCCCCCCCCCCCCCCCCCCCC)COP(=O)(O)OC[C@@H](O)COP(=O)(O)OC[C@@H](COC(=O)CCCCCCCCC)OC(=O)CCCCCCCCCCCCCCCCCCCC. The second-order valence-electron chi connectivity index (χ2n) is 31.3. The molecule has 19 heteroatoms. The number of phosphoric ester groups is 2. The number of hydrogen-bond acceptors (Lipinski definition) is 15. The molecular formula is C87H170O17P2. The van der Waals surface area contributed by atoms with Crippen molar-refractivity contribution in [1.82, 2.24) is 0 Å². The molecule has 17 nitrogen and oxygen atoms in total. The molecule has 0 aliphatic heterocycles. The maximum Gasteiger partial charge on any atom is 0.472 e. The largest absolute Gasteiger partial charge is 0.472 e. The first-order chi connectivity index (χ1) is 51.7. The van der Waals surface area contributed by atoms with Crippen LogP contribution in [0.3, 0.4) is 0 Å². The van der Waals surface area contributed by atoms with E-state index in [0.717, 1.165) is 103 Å². The van der Waals surface area contributed by atoms with Crippen molar-refractivity contribution < 1.29 is 80.2 Å². The third-order valence-corrected chi connectivity index (χ3v) is 22.5. The van der Waals surface area contributed by atoms with Crippen LogP contribution in [-0.4, -0.2) is 96.7 Å². The fraction of sp³-hybridized carbons (Fsp3) is 0.954. The quantitative estimate of drug-likeness (QED) is 0.0222. The van der Waals surface area contributed by atoms with Crippen molar-refractivity contribution in [3.63, 3.8) is 0 Å². The molecule has 0 radical (unpaired) electrons. The minimum atomic E-state index is -4.96. The molecule has 0 saturated heterocycles. The van der Waals surface area contributed by atoms with Gasteiger partial charge in [-0.05, 0) is 25.7 Å². The number of unbranched alkanes of at least 4 members (excludes halogenated alkanes) is 62. The highest BCUT2D eigenvalue weighted by atomic mass is 31.2. The van der Waals surface area contributed by atoms with Crippen molar-refractivity contribution in [2.45, 2.75) is 495 Å². The Morgan fingerprint density at radius 2 is 0.377 bits per heavy atom. The van der Waals surface area contributed by atoms with Crippen molar-refractivity contribution in [1.29, 1.82) is 0 Å². The van der Waals surface area contributed by atoms with Crippen LogP contribution in [0.5, 0.6) is 0 Å². The van der Waals surface area contributed by atoms with Crippen LogP contribution in [0.2, 0.25) is 0 Å². The van der Waals surface area contributed by atoms with Gasteiger partial charge in [0.1, 0.15) is 19.3 Å². The number of aliphatic hydroxyl groups is 1. The summed E-state index contributed by atoms with van der Waals surface area (Å²) in [4.78, 5) is 73.1. The molecule has 5 atom stereocenters. The number of aliphatic hydroxyl groups excluding tert-OH is 1. The first kappa shape index (κ1) is 104. The lowest BCUT2D eigenvalue weighted by atomic mass is 10.0. The lowest BCUT2D eigenvalue weighted by Gasteiger charge is -2.21. The summed E-state index contributed by atoms with van der Waals surface area (Å²) >= 11 is 0. The van der Waals surface area contributed by atoms with Crippen LogP contribution < -0.4 is 0 Å². The molecule has 3 N–H and O–H groups in total. The summed E-state index contributed by atoms with van der Waals surface area (Å²) < 4.78 is 68.8. The minimum Gasteiger partial charge on any atom is -0.462 e. The van der Waals surface area contributed by atoms with Gasteiger partial charge in [-0.25, -0.2) is 9.13 Å². The Labute approximate surface area is 651 Å². The number of ether oxygens (including phenoxy) is 4. The Bertz CT molecular complexity index is 2000. The summed E-state index contributed by atoms with van der Waals surface area (Å²) in [5.74, 6) is -2.10. The molecular weight excluding hydrogens is 1380 g/mol. The van der Waals surface area contributed by atoms with E-state index >= 15 is 0 Å². The van der Waals surface area contributed by atoms with Crippen LogP contribution in [0.4, 0.5) is 0 Å². The van der Waals surface area contributed by atoms with Crippen molar-refractivity contribution >= 4 is 39.5 Å². The summed E-state index contributed by atoms with van der Waals surface area (Å²) in [5.41, 5.74) is 0. The topological polar surface area (TPSA) is 237 Å². The smallest absolute Gasteiger partial charge is 0.462 e. The summed E-state index contributed by atoms with van der Waals surface area (Å²) in [7, 11) is -9.92. The van der Waals surface area contributed by atoms with Gasteiger partial charge < -0.3 is 33.8 Å². The summed E-state index contributed by atoms with van der Waals surface area (Å²) in [6, 6.07) is 0. The van der Waals surface area contributed by atoms with Gasteiger partial charge in [0.25, 0.3) is 0 Å². The van der Waals surface area contributed by atoms with Crippen molar-refractivity contribution in [3.05, 3.63) is 0 Å². The molecule has 0 aromatic rings. The highest BCUT2D eigenvalue weighted by molar-refractivity contribution is 7.47. The lowest BCUT2D eigenvalue weighted by Crippen LogP contribution is -2.30. The Balaban J connectivity index is 5.15. The van der Waals surface area contributed by atoms with E-state index in [2.05, 4.69) is 27.7 Å². The van der Waals surface area contributed by atoms with Gasteiger partial charge in [0.15, 0.2) is 12.2 Å². The zero-order valence-corrected chi connectivity index (χ0v) is 71.2. The zero-order valence-electron chi connectivity index (χ0n) is 69.4. The monoisotopic (exact) mass is 1550 g/mol. The molecule has 0 aromatic heterocycles. The van der Waals surface area contributed by atoms with Crippen molar-refractivity contribution in [2.24, 2.45) is 0 Å². The lowest BCUT2D eigenvalue weighted by molar-refractivity contribution is -0.161. The maximum atomic E-state index is 13.1. The van der Waals surface area contributed by atoms with Crippen LogP contribution in [0.15, 0.2) is 0 Å². The van der Waals surface area contributed by atoms with Crippen LogP contribution in [0, 0.1) is 0 Å². The number of phosphoric acid groups is 2. The number of hydrogen-bond donors (Lipinski definition) is 3. The Kier molecular flexibility index (Phi) is 79.6. The molecule has 0 rings (SSSR count). The van der Waals surface area contributed by atoms with Gasteiger partial charge in [-0.3, -0.25) is 37.3 Å². The maximum absolute atomic E-state index is 13.1. The third-order valence-electron chi connectivity index (χ3n) is 20.6. The molecule has 0 bridgehead atoms. The fourth-order valence-corrected chi connectivity index (χ4v) is 15.3. The molecule has 630 valence electrons. The predicted molar refractivity (Wildman–Crippen MR) is 437 cm³/mol. The number of carbonyl (C=O) groups is 4. The predicted octanol–water partition coefficient (Wildman–Crippen LogP) is 26.9. The van der Waals surface area contributed by atoms with Gasteiger partial charge in [0, 0.05) is 25.7 Å². The molecule has 106 heavy (non-hydrogen) atoms. The minimum absolute atomic E-state index is 0.109. The van der Waals surface area contributed by atoms with Gasteiger partial charge >= 0.3 is 39.5 Å². The normalized spacial score (nSPS) is 13.7. The Morgan fingerprint density at radius 1 is 0.226 bits per heavy atom. The highest BCUT2D eigenvalue weighted by Crippen LogP contribution is 2.45. The van der Waals surface area contributed by atoms with Gasteiger partial charge in [-0.1, -0.05) is 426 Å². The Hall–Kier alpha value is -1.94. The molecule has 0 spiro atoms. The Morgan fingerprint density at radius 3 is 0.557 bits per heavy atom. The van der Waals surface area contributed by atoms with Crippen molar-refractivity contribution in [2.75, 3.05) is 39.6 Å². The first-order valence-electron chi connectivity index (χ1n) is 45.3. The van der Waals surface area contributed by atoms with E-state index in [9.17, 15) is 43.2 Å². The molecule has 0 aliphatic rings. The molecule has 0 aliphatic carbocycles. The molecule has 0 aromatic carbocycles. The number of carbonyl (C=O) groups excluding carboxylic acids is 4. The molecule has 0 saturated carbocycles. The van der Waals surface area contributed by atoms with Gasteiger partial charge in [0.05, 0.1) is 26.4 Å². The van der Waals surface area contributed by atoms with Gasteiger partial charge in [-0.15, -0.1) is 0 Å². The fourth-order valence-electron chi connectivity index (χ4n) is 13.7. The second kappa shape index (κ2) is 81.1. The average Bonchev–Trinajstić information content (AvgIpc) is 0.902. The molecule has 2 unspecified atom stereocenters. The average molecular weight is 1550 g/mol. The summed E-state index contributed by atoms with van der Waals surface area (Å²) in [5, 5.41) is 10.7. The first-order valence-corrected chi connectivity index (χ1v) is 48.3. The number of rotatable bonds is 88. The van der Waals surface area contributed by atoms with Crippen LogP contribution in [0.1, 0.15) is 477 Å². The van der Waals surface area contributed by atoms with Crippen LogP contribution in [-0.2, 0) is 65.4 Å². The highest BCUT2D eigenvalue weighted by Gasteiger charge is 2.30. The van der Waals surface area contributed by atoms with Crippen LogP contribution in [0.25, 0.3) is 0 Å². The van der Waals surface area contributed by atoms with Crippen molar-refractivity contribution in [3.8, 4) is 0 Å². The van der Waals surface area contributed by atoms with E-state index < -0.39 is 97.5 Å². The van der Waals surface area contributed by atoms with E-state index in [1.165, 1.54) is 295 Å². The summed E-state index contributed by atoms with van der Waals surface area (Å²) in [6.07, 6.45) is 76.7. The summed E-state index contributed by atoms with van der Waals surface area (Å²) in [6.45, 7) is 5.02. The molecule has 0 amide bonds. The standard InChI is InChI=1S/C87H170O17P2/c1-5-9-13-17-21-24-27-30-33-36-39-40-41-43-46-49-52-55-58-62-66-70-74-87(92)104-83(78-98-85(90)72-68-64-60-56-53-50-47-45-42-37-34-31-28-25-22-18-14-10-6-2)80-102-106(95,96)100-76-81(88)75-99-105(93,94)101-79-82(77-97-84(89)71-67-63-59-20-16-12-8-4)103-86(91)73-69-65-61-57-54-51-48-44-38-35-32-29-26-23-19-15-11-7-3/h81-83,88H,5-80H2,1-4H3,(H,93,94)(H,95,96)/t81-,82+,83+/m0/s1. The molecule has 0 heterocycles. The van der Waals surface area contributed by atoms with E-state index in [4.69, 9.17) is 37.0 Å². The third kappa shape index (κ3) is 80.1.